The van der Waals surface area contributed by atoms with E-state index >= 15 is 0 Å². The summed E-state index contributed by atoms with van der Waals surface area (Å²) in [4.78, 5) is 31.5. The van der Waals surface area contributed by atoms with Crippen molar-refractivity contribution in [2.45, 2.75) is 13.5 Å². The van der Waals surface area contributed by atoms with Crippen molar-refractivity contribution < 1.29 is 18.4 Å². The first kappa shape index (κ1) is 18.1. The minimum Gasteiger partial charge on any atom is -0.270 e. The number of hydrogen-bond acceptors (Lipinski definition) is 4. The van der Waals surface area contributed by atoms with E-state index in [1.54, 1.807) is 6.92 Å². The minimum absolute atomic E-state index is 0.135. The average molecular weight is 404 g/mol. The van der Waals surface area contributed by atoms with Gasteiger partial charge in [0.25, 0.3) is 11.8 Å². The van der Waals surface area contributed by atoms with Gasteiger partial charge in [-0.2, -0.15) is 5.10 Å². The molecule has 0 bridgehead atoms. The number of benzene rings is 2. The van der Waals surface area contributed by atoms with Crippen molar-refractivity contribution in [2.24, 2.45) is 0 Å². The van der Waals surface area contributed by atoms with Gasteiger partial charge in [0.2, 0.25) is 0 Å². The highest BCUT2D eigenvalue weighted by molar-refractivity contribution is 6.26. The summed E-state index contributed by atoms with van der Waals surface area (Å²) in [6.45, 7) is 1.80. The Hall–Kier alpha value is -3.94. The molecule has 6 nitrogen and oxygen atoms in total. The van der Waals surface area contributed by atoms with Gasteiger partial charge in [0.05, 0.1) is 34.4 Å². The summed E-state index contributed by atoms with van der Waals surface area (Å²) >= 11 is 0. The van der Waals surface area contributed by atoms with Crippen LogP contribution in [0.1, 0.15) is 32.0 Å². The molecule has 0 fully saturated rings. The van der Waals surface area contributed by atoms with Crippen molar-refractivity contribution >= 4 is 22.8 Å². The maximum absolute atomic E-state index is 13.7. The lowest BCUT2D eigenvalue weighted by atomic mass is 10.1. The Labute approximate surface area is 169 Å². The second kappa shape index (κ2) is 6.55. The predicted molar refractivity (Wildman–Crippen MR) is 104 cm³/mol. The van der Waals surface area contributed by atoms with Crippen LogP contribution in [-0.2, 0) is 6.54 Å². The Kier molecular flexibility index (Phi) is 3.95. The second-order valence-electron chi connectivity index (χ2n) is 7.05. The molecule has 2 amide bonds. The fraction of sp³-hybridized carbons (Fsp3) is 0.0909. The monoisotopic (exact) mass is 404 g/mol. The Morgan fingerprint density at radius 3 is 2.37 bits per heavy atom. The molecule has 30 heavy (non-hydrogen) atoms. The number of aryl methyl sites for hydroxylation is 1. The van der Waals surface area contributed by atoms with Crippen LogP contribution in [0.15, 0.2) is 54.7 Å². The zero-order valence-corrected chi connectivity index (χ0v) is 15.8. The zero-order chi connectivity index (χ0) is 21.0. The van der Waals surface area contributed by atoms with Gasteiger partial charge in [-0.1, -0.05) is 30.3 Å². The predicted octanol–water partition coefficient (Wildman–Crippen LogP) is 3.80. The molecule has 1 aliphatic rings. The summed E-state index contributed by atoms with van der Waals surface area (Å²) in [5, 5.41) is 4.72. The third kappa shape index (κ3) is 2.68. The molecule has 0 unspecified atom stereocenters. The second-order valence-corrected chi connectivity index (χ2v) is 7.05. The zero-order valence-electron chi connectivity index (χ0n) is 15.8. The van der Waals surface area contributed by atoms with Crippen LogP contribution >= 0.6 is 0 Å². The molecule has 0 aliphatic carbocycles. The standard InChI is InChI=1S/C22H14F2N4O2/c1-12-18-19-17(21(29)27(22(19)30)11-13-5-3-2-4-6-13)10-25-20(18)28(26-12)16-8-14(23)7-15(24)9-16/h2-10H,11H2,1H3. The fourth-order valence-corrected chi connectivity index (χ4v) is 3.76. The summed E-state index contributed by atoms with van der Waals surface area (Å²) in [7, 11) is 0. The summed E-state index contributed by atoms with van der Waals surface area (Å²) < 4.78 is 28.7. The first-order chi connectivity index (χ1) is 14.4. The summed E-state index contributed by atoms with van der Waals surface area (Å²) in [5.41, 5.74) is 2.04. The van der Waals surface area contributed by atoms with Crippen LogP contribution in [0.3, 0.4) is 0 Å². The van der Waals surface area contributed by atoms with E-state index in [9.17, 15) is 18.4 Å². The van der Waals surface area contributed by atoms with Gasteiger partial charge in [-0.05, 0) is 24.6 Å². The number of rotatable bonds is 3. The number of hydrogen-bond donors (Lipinski definition) is 0. The van der Waals surface area contributed by atoms with Crippen LogP contribution in [0, 0.1) is 18.6 Å². The highest BCUT2D eigenvalue weighted by Crippen LogP contribution is 2.33. The van der Waals surface area contributed by atoms with Gasteiger partial charge in [-0.25, -0.2) is 18.4 Å². The normalized spacial score (nSPS) is 13.4. The van der Waals surface area contributed by atoms with E-state index in [4.69, 9.17) is 0 Å². The van der Waals surface area contributed by atoms with Crippen LogP contribution in [-0.4, -0.2) is 31.5 Å². The van der Waals surface area contributed by atoms with Gasteiger partial charge in [0, 0.05) is 12.3 Å². The lowest BCUT2D eigenvalue weighted by Gasteiger charge is -2.13. The molecule has 0 saturated carbocycles. The van der Waals surface area contributed by atoms with Crippen LogP contribution in [0.5, 0.6) is 0 Å². The molecule has 0 atom stereocenters. The fourth-order valence-electron chi connectivity index (χ4n) is 3.76. The number of imide groups is 1. The lowest BCUT2D eigenvalue weighted by Crippen LogP contribution is -2.29. The molecular formula is C22H14F2N4O2. The number of carbonyl (C=O) groups excluding carboxylic acids is 2. The summed E-state index contributed by atoms with van der Waals surface area (Å²) in [6, 6.07) is 12.2. The van der Waals surface area contributed by atoms with Gasteiger partial charge in [-0.15, -0.1) is 0 Å². The number of nitrogens with zero attached hydrogens (tertiary/aromatic N) is 4. The molecule has 2 aromatic heterocycles. The Morgan fingerprint density at radius 1 is 0.967 bits per heavy atom. The number of fused-ring (bicyclic) bond motifs is 3. The molecule has 0 radical (unpaired) electrons. The molecule has 4 aromatic rings. The number of aromatic nitrogens is 3. The third-order valence-electron chi connectivity index (χ3n) is 5.08. The van der Waals surface area contributed by atoms with Gasteiger partial charge in [0.1, 0.15) is 11.6 Å². The van der Waals surface area contributed by atoms with Crippen LogP contribution < -0.4 is 0 Å². The van der Waals surface area contributed by atoms with Crippen molar-refractivity contribution in [2.75, 3.05) is 0 Å². The molecule has 8 heteroatoms. The first-order valence-electron chi connectivity index (χ1n) is 9.19. The minimum atomic E-state index is -0.757. The van der Waals surface area contributed by atoms with E-state index in [1.165, 1.54) is 15.8 Å². The van der Waals surface area contributed by atoms with Crippen molar-refractivity contribution in [3.63, 3.8) is 0 Å². The van der Waals surface area contributed by atoms with E-state index in [1.807, 2.05) is 30.3 Å². The van der Waals surface area contributed by atoms with E-state index in [2.05, 4.69) is 10.1 Å². The van der Waals surface area contributed by atoms with Gasteiger partial charge in [-0.3, -0.25) is 14.5 Å². The molecule has 5 rings (SSSR count). The van der Waals surface area contributed by atoms with E-state index in [-0.39, 0.29) is 29.0 Å². The van der Waals surface area contributed by atoms with E-state index in [0.717, 1.165) is 23.8 Å². The molecule has 3 heterocycles. The third-order valence-corrected chi connectivity index (χ3v) is 5.08. The average Bonchev–Trinajstić information content (AvgIpc) is 3.18. The highest BCUT2D eigenvalue weighted by atomic mass is 19.1. The molecule has 2 aromatic carbocycles. The van der Waals surface area contributed by atoms with Crippen molar-refractivity contribution in [1.29, 1.82) is 0 Å². The quantitative estimate of drug-likeness (QED) is 0.487. The van der Waals surface area contributed by atoms with Crippen molar-refractivity contribution in [3.8, 4) is 5.69 Å². The van der Waals surface area contributed by atoms with Crippen LogP contribution in [0.2, 0.25) is 0 Å². The SMILES string of the molecule is Cc1nn(-c2cc(F)cc(F)c2)c2ncc3c(c12)C(=O)N(Cc1ccccc1)C3=O. The maximum atomic E-state index is 13.7. The molecule has 1 aliphatic heterocycles. The summed E-state index contributed by atoms with van der Waals surface area (Å²) in [6.07, 6.45) is 1.32. The number of carbonyl (C=O) groups is 2. The summed E-state index contributed by atoms with van der Waals surface area (Å²) in [5.74, 6) is -2.39. The lowest BCUT2D eigenvalue weighted by molar-refractivity contribution is 0.0643. The maximum Gasteiger partial charge on any atom is 0.263 e. The smallest absolute Gasteiger partial charge is 0.263 e. The first-order valence-corrected chi connectivity index (χ1v) is 9.19. The Morgan fingerprint density at radius 2 is 1.67 bits per heavy atom. The van der Waals surface area contributed by atoms with Crippen molar-refractivity contribution in [3.05, 3.63) is 88.7 Å². The molecule has 0 saturated heterocycles. The number of halogens is 2. The van der Waals surface area contributed by atoms with Gasteiger partial charge in [0.15, 0.2) is 5.65 Å². The van der Waals surface area contributed by atoms with Gasteiger partial charge >= 0.3 is 0 Å². The topological polar surface area (TPSA) is 68.1 Å². The molecule has 148 valence electrons. The van der Waals surface area contributed by atoms with Crippen LogP contribution in [0.4, 0.5) is 8.78 Å². The molecule has 0 N–H and O–H groups in total. The number of pyridine rings is 1. The largest absolute Gasteiger partial charge is 0.270 e. The van der Waals surface area contributed by atoms with Crippen molar-refractivity contribution in [1.82, 2.24) is 19.7 Å². The number of amides is 2. The van der Waals surface area contributed by atoms with Gasteiger partial charge < -0.3 is 0 Å². The van der Waals surface area contributed by atoms with E-state index < -0.39 is 23.4 Å². The molecule has 0 spiro atoms. The highest BCUT2D eigenvalue weighted by Gasteiger charge is 2.39. The van der Waals surface area contributed by atoms with Crippen LogP contribution in [0.25, 0.3) is 16.7 Å². The Balaban J connectivity index is 1.65. The Bertz CT molecular complexity index is 1330. The molecular weight excluding hydrogens is 390 g/mol. The van der Waals surface area contributed by atoms with E-state index in [0.29, 0.717) is 11.1 Å².